The number of carbonyl (C=O) groups excluding carboxylic acids is 1. The van der Waals surface area contributed by atoms with E-state index in [1.54, 1.807) is 0 Å². The van der Waals surface area contributed by atoms with Crippen LogP contribution in [0.15, 0.2) is 0 Å². The van der Waals surface area contributed by atoms with Crippen LogP contribution < -0.4 is 0 Å². The standard InChI is InChI=1S/C10H16BrNO2/c11-9-2-1-5-12(10(9)13)8-3-6-14-7-4-8/h8-9H,1-7H2. The lowest BCUT2D eigenvalue weighted by Gasteiger charge is -2.38. The van der Waals surface area contributed by atoms with E-state index in [0.29, 0.717) is 6.04 Å². The third kappa shape index (κ3) is 2.11. The Morgan fingerprint density at radius 3 is 2.71 bits per heavy atom. The van der Waals surface area contributed by atoms with Crippen LogP contribution in [0, 0.1) is 0 Å². The van der Waals surface area contributed by atoms with Crippen LogP contribution in [0.5, 0.6) is 0 Å². The fourth-order valence-electron chi connectivity index (χ4n) is 2.21. The molecule has 0 aromatic carbocycles. The largest absolute Gasteiger partial charge is 0.381 e. The number of alkyl halides is 1. The molecule has 0 aromatic heterocycles. The van der Waals surface area contributed by atoms with Gasteiger partial charge in [-0.15, -0.1) is 0 Å². The number of rotatable bonds is 1. The van der Waals surface area contributed by atoms with Gasteiger partial charge in [-0.3, -0.25) is 4.79 Å². The molecule has 0 aliphatic carbocycles. The molecule has 1 atom stereocenters. The summed E-state index contributed by atoms with van der Waals surface area (Å²) in [5.41, 5.74) is 0. The lowest BCUT2D eigenvalue weighted by molar-refractivity contribution is -0.136. The molecule has 2 rings (SSSR count). The van der Waals surface area contributed by atoms with Crippen LogP contribution in [0.3, 0.4) is 0 Å². The number of hydrogen-bond donors (Lipinski definition) is 0. The van der Waals surface area contributed by atoms with Crippen molar-refractivity contribution in [3.63, 3.8) is 0 Å². The molecular weight excluding hydrogens is 246 g/mol. The van der Waals surface area contributed by atoms with Gasteiger partial charge in [0.05, 0.1) is 4.83 Å². The van der Waals surface area contributed by atoms with Gasteiger partial charge in [0.15, 0.2) is 0 Å². The summed E-state index contributed by atoms with van der Waals surface area (Å²) in [6.07, 6.45) is 4.12. The number of ether oxygens (including phenoxy) is 1. The van der Waals surface area contributed by atoms with Gasteiger partial charge in [0, 0.05) is 25.8 Å². The summed E-state index contributed by atoms with van der Waals surface area (Å²) in [4.78, 5) is 14.0. The zero-order chi connectivity index (χ0) is 9.97. The number of carbonyl (C=O) groups is 1. The van der Waals surface area contributed by atoms with Crippen LogP contribution in [0.4, 0.5) is 0 Å². The molecule has 0 bridgehead atoms. The highest BCUT2D eigenvalue weighted by Gasteiger charge is 2.32. The Morgan fingerprint density at radius 2 is 2.00 bits per heavy atom. The molecule has 0 aromatic rings. The van der Waals surface area contributed by atoms with Crippen molar-refractivity contribution in [1.29, 1.82) is 0 Å². The SMILES string of the molecule is O=C1C(Br)CCCN1C1CCOCC1. The molecule has 2 saturated heterocycles. The van der Waals surface area contributed by atoms with Gasteiger partial charge in [-0.05, 0) is 25.7 Å². The van der Waals surface area contributed by atoms with Crippen molar-refractivity contribution >= 4 is 21.8 Å². The zero-order valence-corrected chi connectivity index (χ0v) is 9.83. The van der Waals surface area contributed by atoms with Crippen molar-refractivity contribution < 1.29 is 9.53 Å². The van der Waals surface area contributed by atoms with Gasteiger partial charge >= 0.3 is 0 Å². The summed E-state index contributed by atoms with van der Waals surface area (Å²) < 4.78 is 5.30. The van der Waals surface area contributed by atoms with Crippen LogP contribution in [0.2, 0.25) is 0 Å². The summed E-state index contributed by atoms with van der Waals surface area (Å²) in [5.74, 6) is 0.281. The van der Waals surface area contributed by atoms with E-state index in [2.05, 4.69) is 15.9 Å². The first-order chi connectivity index (χ1) is 6.79. The second-order valence-electron chi connectivity index (χ2n) is 3.98. The zero-order valence-electron chi connectivity index (χ0n) is 8.25. The van der Waals surface area contributed by atoms with E-state index in [0.717, 1.165) is 45.4 Å². The maximum atomic E-state index is 11.9. The van der Waals surface area contributed by atoms with Crippen molar-refractivity contribution in [3.05, 3.63) is 0 Å². The third-order valence-electron chi connectivity index (χ3n) is 3.04. The predicted octanol–water partition coefficient (Wildman–Crippen LogP) is 1.55. The smallest absolute Gasteiger partial charge is 0.236 e. The second-order valence-corrected chi connectivity index (χ2v) is 5.09. The first kappa shape index (κ1) is 10.4. The molecule has 2 aliphatic rings. The highest BCUT2D eigenvalue weighted by atomic mass is 79.9. The van der Waals surface area contributed by atoms with Gasteiger partial charge in [0.2, 0.25) is 5.91 Å². The van der Waals surface area contributed by atoms with Gasteiger partial charge in [0.1, 0.15) is 0 Å². The van der Waals surface area contributed by atoms with E-state index in [-0.39, 0.29) is 10.7 Å². The van der Waals surface area contributed by atoms with E-state index in [1.165, 1.54) is 0 Å². The Balaban J connectivity index is 1.97. The quantitative estimate of drug-likeness (QED) is 0.671. The lowest BCUT2D eigenvalue weighted by atomic mass is 10.0. The van der Waals surface area contributed by atoms with Crippen molar-refractivity contribution in [2.75, 3.05) is 19.8 Å². The van der Waals surface area contributed by atoms with Gasteiger partial charge in [-0.2, -0.15) is 0 Å². The molecule has 0 saturated carbocycles. The first-order valence-corrected chi connectivity index (χ1v) is 6.23. The summed E-state index contributed by atoms with van der Waals surface area (Å²) in [6.45, 7) is 2.55. The van der Waals surface area contributed by atoms with E-state index >= 15 is 0 Å². The highest BCUT2D eigenvalue weighted by Crippen LogP contribution is 2.24. The molecule has 2 fully saturated rings. The predicted molar refractivity (Wildman–Crippen MR) is 57.5 cm³/mol. The molecule has 2 heterocycles. The van der Waals surface area contributed by atoms with Crippen LogP contribution in [0.25, 0.3) is 0 Å². The van der Waals surface area contributed by atoms with Crippen LogP contribution in [-0.2, 0) is 9.53 Å². The number of amides is 1. The van der Waals surface area contributed by atoms with E-state index in [9.17, 15) is 4.79 Å². The van der Waals surface area contributed by atoms with Crippen LogP contribution >= 0.6 is 15.9 Å². The minimum absolute atomic E-state index is 0.0547. The number of nitrogens with zero attached hydrogens (tertiary/aromatic N) is 1. The lowest BCUT2D eigenvalue weighted by Crippen LogP contribution is -2.49. The van der Waals surface area contributed by atoms with Crippen LogP contribution in [0.1, 0.15) is 25.7 Å². The molecular formula is C10H16BrNO2. The highest BCUT2D eigenvalue weighted by molar-refractivity contribution is 9.10. The Hall–Kier alpha value is -0.0900. The van der Waals surface area contributed by atoms with Gasteiger partial charge in [-0.25, -0.2) is 0 Å². The maximum absolute atomic E-state index is 11.9. The summed E-state index contributed by atoms with van der Waals surface area (Å²) in [5, 5.41) is 0. The topological polar surface area (TPSA) is 29.5 Å². The summed E-state index contributed by atoms with van der Waals surface area (Å²) in [6, 6.07) is 0.427. The Bertz CT molecular complexity index is 216. The van der Waals surface area contributed by atoms with Crippen LogP contribution in [-0.4, -0.2) is 41.4 Å². The molecule has 0 N–H and O–H groups in total. The average molecular weight is 262 g/mol. The van der Waals surface area contributed by atoms with E-state index < -0.39 is 0 Å². The molecule has 1 unspecified atom stereocenters. The molecule has 4 heteroatoms. The van der Waals surface area contributed by atoms with Crippen molar-refractivity contribution in [1.82, 2.24) is 4.90 Å². The normalized spacial score (nSPS) is 30.8. The fourth-order valence-corrected chi connectivity index (χ4v) is 2.80. The summed E-state index contributed by atoms with van der Waals surface area (Å²) in [7, 11) is 0. The van der Waals surface area contributed by atoms with E-state index in [4.69, 9.17) is 4.74 Å². The Morgan fingerprint density at radius 1 is 1.29 bits per heavy atom. The Kier molecular flexibility index (Phi) is 3.44. The number of piperidine rings is 1. The molecule has 1 amide bonds. The maximum Gasteiger partial charge on any atom is 0.236 e. The van der Waals surface area contributed by atoms with Gasteiger partial charge in [0.25, 0.3) is 0 Å². The van der Waals surface area contributed by atoms with Crippen molar-refractivity contribution in [3.8, 4) is 0 Å². The molecule has 3 nitrogen and oxygen atoms in total. The average Bonchev–Trinajstić information content (AvgIpc) is 2.23. The molecule has 0 radical (unpaired) electrons. The molecule has 0 spiro atoms. The van der Waals surface area contributed by atoms with E-state index in [1.807, 2.05) is 4.90 Å². The van der Waals surface area contributed by atoms with Gasteiger partial charge < -0.3 is 9.64 Å². The molecule has 14 heavy (non-hydrogen) atoms. The minimum Gasteiger partial charge on any atom is -0.381 e. The number of halogens is 1. The number of hydrogen-bond acceptors (Lipinski definition) is 2. The number of likely N-dealkylation sites (tertiary alicyclic amines) is 1. The molecule has 2 aliphatic heterocycles. The monoisotopic (exact) mass is 261 g/mol. The Labute approximate surface area is 92.9 Å². The van der Waals surface area contributed by atoms with Gasteiger partial charge in [-0.1, -0.05) is 15.9 Å². The third-order valence-corrected chi connectivity index (χ3v) is 3.89. The van der Waals surface area contributed by atoms with Crippen molar-refractivity contribution in [2.45, 2.75) is 36.6 Å². The summed E-state index contributed by atoms with van der Waals surface area (Å²) >= 11 is 3.44. The fraction of sp³-hybridized carbons (Fsp3) is 0.900. The second kappa shape index (κ2) is 4.62. The first-order valence-electron chi connectivity index (χ1n) is 5.31. The van der Waals surface area contributed by atoms with Crippen molar-refractivity contribution in [2.24, 2.45) is 0 Å². The minimum atomic E-state index is 0.0547. The molecule has 80 valence electrons.